The SMILES string of the molecule is O=C(Nc1ccc(-c2noc(=O)[pH]2)cc1)C(O)C1OCCN(c2cnc(F)c(F)c2)C1=O. The maximum Gasteiger partial charge on any atom is 0.374 e. The number of anilines is 2. The Morgan fingerprint density at radius 3 is 2.69 bits per heavy atom. The molecule has 3 atom stereocenters. The van der Waals surface area contributed by atoms with E-state index in [4.69, 9.17) is 4.74 Å². The van der Waals surface area contributed by atoms with Gasteiger partial charge in [-0.1, -0.05) is 17.3 Å². The zero-order valence-corrected chi connectivity index (χ0v) is 17.1. The lowest BCUT2D eigenvalue weighted by Gasteiger charge is -2.33. The molecule has 3 unspecified atom stereocenters. The molecule has 13 heteroatoms. The van der Waals surface area contributed by atoms with Gasteiger partial charge in [0.2, 0.25) is 5.95 Å². The molecular formula is C19H15F2N4O6P. The summed E-state index contributed by atoms with van der Waals surface area (Å²) >= 11 is 0. The molecule has 3 aromatic rings. The molecule has 32 heavy (non-hydrogen) atoms. The number of halogens is 2. The van der Waals surface area contributed by atoms with Crippen LogP contribution in [-0.2, 0) is 14.3 Å². The van der Waals surface area contributed by atoms with E-state index < -0.39 is 41.1 Å². The Kier molecular flexibility index (Phi) is 6.08. The Balaban J connectivity index is 1.44. The number of benzene rings is 1. The number of carbonyl (C=O) groups is 2. The number of nitrogens with one attached hydrogen (secondary N) is 1. The summed E-state index contributed by atoms with van der Waals surface area (Å²) < 4.78 is 36.4. The molecule has 0 aliphatic carbocycles. The molecule has 1 saturated heterocycles. The summed E-state index contributed by atoms with van der Waals surface area (Å²) in [6.07, 6.45) is -2.44. The number of aliphatic hydroxyl groups excluding tert-OH is 1. The number of rotatable bonds is 5. The lowest BCUT2D eigenvalue weighted by Crippen LogP contribution is -2.55. The second-order valence-corrected chi connectivity index (χ2v) is 7.83. The van der Waals surface area contributed by atoms with Crippen LogP contribution in [0.3, 0.4) is 0 Å². The van der Waals surface area contributed by atoms with Crippen LogP contribution in [0.25, 0.3) is 11.0 Å². The third kappa shape index (κ3) is 4.42. The van der Waals surface area contributed by atoms with Crippen molar-refractivity contribution < 1.29 is 32.7 Å². The van der Waals surface area contributed by atoms with Gasteiger partial charge >= 0.3 is 5.36 Å². The molecule has 10 nitrogen and oxygen atoms in total. The molecule has 0 spiro atoms. The fraction of sp³-hybridized carbons (Fsp3) is 0.211. The van der Waals surface area contributed by atoms with E-state index in [0.717, 1.165) is 17.2 Å². The molecule has 0 bridgehead atoms. The van der Waals surface area contributed by atoms with Gasteiger partial charge in [-0.25, -0.2) is 14.2 Å². The molecule has 1 fully saturated rings. The molecule has 1 aromatic carbocycles. The van der Waals surface area contributed by atoms with Crippen molar-refractivity contribution >= 4 is 31.4 Å². The molecule has 2 amide bonds. The van der Waals surface area contributed by atoms with Crippen LogP contribution in [0.2, 0.25) is 0 Å². The predicted octanol–water partition coefficient (Wildman–Crippen LogP) is 1.14. The van der Waals surface area contributed by atoms with E-state index in [-0.39, 0.29) is 27.0 Å². The molecule has 1 aliphatic rings. The highest BCUT2D eigenvalue weighted by atomic mass is 31.0. The summed E-state index contributed by atoms with van der Waals surface area (Å²) in [5, 5.41) is 16.1. The van der Waals surface area contributed by atoms with Gasteiger partial charge in [-0.05, 0) is 20.3 Å². The van der Waals surface area contributed by atoms with Crippen LogP contribution in [0, 0.1) is 11.8 Å². The van der Waals surface area contributed by atoms with Gasteiger partial charge < -0.3 is 24.6 Å². The average Bonchev–Trinajstić information content (AvgIpc) is 3.22. The lowest BCUT2D eigenvalue weighted by molar-refractivity contribution is -0.150. The van der Waals surface area contributed by atoms with E-state index in [0.29, 0.717) is 16.7 Å². The first-order valence-corrected chi connectivity index (χ1v) is 10.2. The van der Waals surface area contributed by atoms with Crippen LogP contribution < -0.4 is 15.6 Å². The summed E-state index contributed by atoms with van der Waals surface area (Å²) in [4.78, 5) is 40.6. The number of aromatic nitrogens is 2. The van der Waals surface area contributed by atoms with E-state index in [2.05, 4.69) is 20.0 Å². The molecule has 2 aromatic heterocycles. The second kappa shape index (κ2) is 8.95. The molecule has 0 radical (unpaired) electrons. The fourth-order valence-electron chi connectivity index (χ4n) is 3.07. The first-order chi connectivity index (χ1) is 15.3. The highest BCUT2D eigenvalue weighted by Gasteiger charge is 2.39. The number of hydrogen-bond acceptors (Lipinski definition) is 8. The minimum Gasteiger partial charge on any atom is -0.380 e. The van der Waals surface area contributed by atoms with Crippen LogP contribution in [0.4, 0.5) is 20.2 Å². The van der Waals surface area contributed by atoms with Crippen LogP contribution in [0.5, 0.6) is 0 Å². The second-order valence-electron chi connectivity index (χ2n) is 6.70. The van der Waals surface area contributed by atoms with Crippen molar-refractivity contribution in [3.63, 3.8) is 0 Å². The summed E-state index contributed by atoms with van der Waals surface area (Å²) in [7, 11) is -0.222. The number of pyridine rings is 1. The van der Waals surface area contributed by atoms with Crippen LogP contribution in [0.15, 0.2) is 45.8 Å². The number of amides is 2. The minimum atomic E-state index is -1.87. The highest BCUT2D eigenvalue weighted by Crippen LogP contribution is 2.25. The summed E-state index contributed by atoms with van der Waals surface area (Å²) in [6, 6.07) is 7.06. The van der Waals surface area contributed by atoms with Gasteiger partial charge in [-0.2, -0.15) is 4.39 Å². The highest BCUT2D eigenvalue weighted by molar-refractivity contribution is 7.32. The lowest BCUT2D eigenvalue weighted by atomic mass is 10.1. The summed E-state index contributed by atoms with van der Waals surface area (Å²) in [5.74, 6) is -4.25. The van der Waals surface area contributed by atoms with E-state index in [9.17, 15) is 28.3 Å². The van der Waals surface area contributed by atoms with Crippen LogP contribution in [0.1, 0.15) is 0 Å². The minimum absolute atomic E-state index is 0.00858. The molecule has 1 aliphatic heterocycles. The van der Waals surface area contributed by atoms with Crippen LogP contribution >= 0.6 is 8.19 Å². The molecular weight excluding hydrogens is 449 g/mol. The Morgan fingerprint density at radius 1 is 1.28 bits per heavy atom. The van der Waals surface area contributed by atoms with Crippen molar-refractivity contribution in [1.29, 1.82) is 0 Å². The van der Waals surface area contributed by atoms with E-state index in [1.54, 1.807) is 12.1 Å². The van der Waals surface area contributed by atoms with E-state index in [1.807, 2.05) is 0 Å². The van der Waals surface area contributed by atoms with Gasteiger partial charge in [-0.3, -0.25) is 9.59 Å². The molecule has 0 saturated carbocycles. The van der Waals surface area contributed by atoms with Crippen molar-refractivity contribution in [1.82, 2.24) is 10.1 Å². The zero-order chi connectivity index (χ0) is 22.8. The average molecular weight is 464 g/mol. The third-order valence-electron chi connectivity index (χ3n) is 4.64. The maximum absolute atomic E-state index is 13.5. The quantitative estimate of drug-likeness (QED) is 0.537. The fourth-order valence-corrected chi connectivity index (χ4v) is 3.75. The number of nitrogens with zero attached hydrogens (tertiary/aromatic N) is 3. The summed E-state index contributed by atoms with van der Waals surface area (Å²) in [5.41, 5.74) is 1.40. The number of ether oxygens (including phenoxy) is 1. The first kappa shape index (κ1) is 21.8. The predicted molar refractivity (Wildman–Crippen MR) is 109 cm³/mol. The van der Waals surface area contributed by atoms with Gasteiger partial charge in [0.15, 0.2) is 18.0 Å². The molecule has 166 valence electrons. The van der Waals surface area contributed by atoms with Crippen LogP contribution in [-0.4, -0.2) is 52.4 Å². The van der Waals surface area contributed by atoms with Gasteiger partial charge in [0.1, 0.15) is 5.43 Å². The van der Waals surface area contributed by atoms with E-state index >= 15 is 0 Å². The molecule has 2 N–H and O–H groups in total. The van der Waals surface area contributed by atoms with Gasteiger partial charge in [0.05, 0.1) is 18.5 Å². The summed E-state index contributed by atoms with van der Waals surface area (Å²) in [6.45, 7) is -0.0349. The maximum atomic E-state index is 13.5. The van der Waals surface area contributed by atoms with Crippen molar-refractivity contribution in [2.45, 2.75) is 12.2 Å². The first-order valence-electron chi connectivity index (χ1n) is 9.23. The Labute approximate surface area is 179 Å². The Bertz CT molecular complexity index is 1220. The number of aliphatic hydroxyl groups is 1. The normalized spacial score (nSPS) is 17.5. The molecule has 4 rings (SSSR count). The standard InChI is InChI=1S/C19H15F2N4O6P/c20-12-7-11(8-22-15(12)21)25-5-6-30-14(18(25)28)13(26)16(27)23-10-3-1-9(2-4-10)17-24-31-19(29)32-17/h1-4,7-8,13-14,26,32H,5-6H2,(H,23,27). The Hall–Kier alpha value is -3.47. The van der Waals surface area contributed by atoms with Gasteiger partial charge in [-0.15, -0.1) is 0 Å². The monoisotopic (exact) mass is 464 g/mol. The molecule has 3 heterocycles. The largest absolute Gasteiger partial charge is 0.380 e. The smallest absolute Gasteiger partial charge is 0.374 e. The third-order valence-corrected chi connectivity index (χ3v) is 5.55. The number of morpholine rings is 1. The van der Waals surface area contributed by atoms with Gasteiger partial charge in [0, 0.05) is 23.9 Å². The topological polar surface area (TPSA) is 135 Å². The number of carbonyl (C=O) groups excluding carboxylic acids is 2. The van der Waals surface area contributed by atoms with Crippen molar-refractivity contribution in [3.8, 4) is 11.0 Å². The van der Waals surface area contributed by atoms with Crippen molar-refractivity contribution in [3.05, 3.63) is 58.4 Å². The van der Waals surface area contributed by atoms with Crippen molar-refractivity contribution in [2.24, 2.45) is 0 Å². The number of hydrogen-bond donors (Lipinski definition) is 2. The Morgan fingerprint density at radius 2 is 2.03 bits per heavy atom. The van der Waals surface area contributed by atoms with Gasteiger partial charge in [0.25, 0.3) is 11.8 Å². The van der Waals surface area contributed by atoms with Crippen molar-refractivity contribution in [2.75, 3.05) is 23.4 Å². The van der Waals surface area contributed by atoms with E-state index in [1.165, 1.54) is 12.1 Å². The zero-order valence-electron chi connectivity index (χ0n) is 16.1.